The van der Waals surface area contributed by atoms with Gasteiger partial charge in [-0.3, -0.25) is 14.5 Å². The van der Waals surface area contributed by atoms with Gasteiger partial charge in [-0.15, -0.1) is 0 Å². The summed E-state index contributed by atoms with van der Waals surface area (Å²) in [5.41, 5.74) is -0.307. The van der Waals surface area contributed by atoms with E-state index in [2.05, 4.69) is 5.32 Å². The van der Waals surface area contributed by atoms with Crippen LogP contribution in [0.4, 0.5) is 0 Å². The largest absolute Gasteiger partial charge is 0.314 e. The maximum atomic E-state index is 12.6. The van der Waals surface area contributed by atoms with Crippen LogP contribution in [0.2, 0.25) is 0 Å². The third-order valence-electron chi connectivity index (χ3n) is 5.16. The van der Waals surface area contributed by atoms with Gasteiger partial charge in [0.2, 0.25) is 11.8 Å². The summed E-state index contributed by atoms with van der Waals surface area (Å²) in [5.74, 6) is 0.208. The summed E-state index contributed by atoms with van der Waals surface area (Å²) in [7, 11) is 0. The van der Waals surface area contributed by atoms with Gasteiger partial charge in [-0.05, 0) is 38.6 Å². The van der Waals surface area contributed by atoms with E-state index < -0.39 is 0 Å². The maximum absolute atomic E-state index is 12.6. The Hall–Kier alpha value is -0.900. The summed E-state index contributed by atoms with van der Waals surface area (Å²) < 4.78 is 0. The highest BCUT2D eigenvalue weighted by Gasteiger charge is 2.51. The molecule has 0 aromatic rings. The van der Waals surface area contributed by atoms with E-state index in [4.69, 9.17) is 0 Å². The summed E-state index contributed by atoms with van der Waals surface area (Å²) in [6, 6.07) is 0.503. The third-order valence-corrected chi connectivity index (χ3v) is 5.16. The molecule has 2 heterocycles. The van der Waals surface area contributed by atoms with Gasteiger partial charge in [0.15, 0.2) is 0 Å². The van der Waals surface area contributed by atoms with Crippen LogP contribution >= 0.6 is 0 Å². The van der Waals surface area contributed by atoms with Crippen molar-refractivity contribution in [2.45, 2.75) is 63.8 Å². The van der Waals surface area contributed by atoms with Gasteiger partial charge in [0.25, 0.3) is 0 Å². The maximum Gasteiger partial charge on any atom is 0.235 e. The number of amides is 2. The molecular formula is C15H24N2O2. The van der Waals surface area contributed by atoms with Crippen molar-refractivity contribution < 1.29 is 9.59 Å². The van der Waals surface area contributed by atoms with Crippen molar-refractivity contribution >= 4 is 11.8 Å². The lowest BCUT2D eigenvalue weighted by Crippen LogP contribution is -2.39. The molecule has 2 saturated heterocycles. The quantitative estimate of drug-likeness (QED) is 0.791. The number of imide groups is 1. The molecule has 3 aliphatic rings. The predicted molar refractivity (Wildman–Crippen MR) is 72.5 cm³/mol. The molecule has 1 atom stereocenters. The Balaban J connectivity index is 1.61. The fraction of sp³-hybridized carbons (Fsp3) is 0.867. The lowest BCUT2D eigenvalue weighted by molar-refractivity contribution is -0.142. The first-order valence-electron chi connectivity index (χ1n) is 7.79. The summed E-state index contributed by atoms with van der Waals surface area (Å²) in [6.45, 7) is 1.70. The average Bonchev–Trinajstić information content (AvgIpc) is 2.99. The number of nitrogens with zero attached hydrogens (tertiary/aromatic N) is 1. The van der Waals surface area contributed by atoms with Crippen molar-refractivity contribution in [2.75, 3.05) is 13.1 Å². The number of carbonyl (C=O) groups excluding carboxylic acids is 2. The van der Waals surface area contributed by atoms with E-state index in [9.17, 15) is 9.59 Å². The minimum atomic E-state index is -0.307. The molecular weight excluding hydrogens is 240 g/mol. The molecule has 1 saturated carbocycles. The van der Waals surface area contributed by atoms with Gasteiger partial charge in [-0.25, -0.2) is 0 Å². The van der Waals surface area contributed by atoms with E-state index in [1.54, 1.807) is 4.90 Å². The Kier molecular flexibility index (Phi) is 3.61. The predicted octanol–water partition coefficient (Wildman–Crippen LogP) is 1.84. The first-order chi connectivity index (χ1) is 9.21. The van der Waals surface area contributed by atoms with Gasteiger partial charge in [0.05, 0.1) is 5.41 Å². The second-order valence-corrected chi connectivity index (χ2v) is 6.45. The monoisotopic (exact) mass is 264 g/mol. The third kappa shape index (κ3) is 2.42. The van der Waals surface area contributed by atoms with Gasteiger partial charge in [0, 0.05) is 19.0 Å². The molecule has 4 heteroatoms. The fourth-order valence-electron chi connectivity index (χ4n) is 3.99. The highest BCUT2D eigenvalue weighted by Crippen LogP contribution is 2.45. The summed E-state index contributed by atoms with van der Waals surface area (Å²) in [5, 5.41) is 3.43. The molecule has 3 rings (SSSR count). The minimum absolute atomic E-state index is 0.0740. The Morgan fingerprint density at radius 2 is 1.95 bits per heavy atom. The van der Waals surface area contributed by atoms with E-state index in [1.807, 2.05) is 0 Å². The van der Waals surface area contributed by atoms with Gasteiger partial charge >= 0.3 is 0 Å². The molecule has 1 aliphatic carbocycles. The van der Waals surface area contributed by atoms with E-state index in [1.165, 1.54) is 19.3 Å². The van der Waals surface area contributed by atoms with Crippen LogP contribution in [0.3, 0.4) is 0 Å². The zero-order valence-electron chi connectivity index (χ0n) is 11.6. The lowest BCUT2D eigenvalue weighted by Gasteiger charge is -2.30. The molecule has 19 heavy (non-hydrogen) atoms. The van der Waals surface area contributed by atoms with Crippen molar-refractivity contribution in [1.29, 1.82) is 0 Å². The van der Waals surface area contributed by atoms with Crippen LogP contribution in [-0.2, 0) is 9.59 Å². The summed E-state index contributed by atoms with van der Waals surface area (Å²) in [6.07, 6.45) is 9.09. The molecule has 0 bridgehead atoms. The van der Waals surface area contributed by atoms with E-state index >= 15 is 0 Å². The highest BCUT2D eigenvalue weighted by molar-refractivity contribution is 6.05. The van der Waals surface area contributed by atoms with Crippen LogP contribution in [0, 0.1) is 5.41 Å². The molecule has 0 aromatic carbocycles. The number of rotatable bonds is 3. The van der Waals surface area contributed by atoms with E-state index in [0.717, 1.165) is 38.6 Å². The van der Waals surface area contributed by atoms with Crippen LogP contribution in [0.1, 0.15) is 57.8 Å². The number of likely N-dealkylation sites (tertiary alicyclic amines) is 1. The van der Waals surface area contributed by atoms with Gasteiger partial charge < -0.3 is 5.32 Å². The van der Waals surface area contributed by atoms with Crippen LogP contribution in [0.25, 0.3) is 0 Å². The molecule has 1 spiro atoms. The number of hydrogen-bond donors (Lipinski definition) is 1. The van der Waals surface area contributed by atoms with E-state index in [0.29, 0.717) is 19.0 Å². The molecule has 1 unspecified atom stereocenters. The minimum Gasteiger partial charge on any atom is -0.314 e. The smallest absolute Gasteiger partial charge is 0.235 e. The van der Waals surface area contributed by atoms with Crippen molar-refractivity contribution in [3.8, 4) is 0 Å². The molecule has 2 amide bonds. The molecule has 1 N–H and O–H groups in total. The first kappa shape index (κ1) is 13.1. The topological polar surface area (TPSA) is 49.4 Å². The van der Waals surface area contributed by atoms with Crippen molar-refractivity contribution in [2.24, 2.45) is 5.41 Å². The molecule has 0 aromatic heterocycles. The van der Waals surface area contributed by atoms with Crippen LogP contribution in [0.15, 0.2) is 0 Å². The van der Waals surface area contributed by atoms with Crippen molar-refractivity contribution in [3.05, 3.63) is 0 Å². The van der Waals surface area contributed by atoms with Gasteiger partial charge in [-0.1, -0.05) is 19.3 Å². The lowest BCUT2D eigenvalue weighted by atomic mass is 9.73. The summed E-state index contributed by atoms with van der Waals surface area (Å²) in [4.78, 5) is 26.3. The fourth-order valence-corrected chi connectivity index (χ4v) is 3.99. The number of carbonyl (C=O) groups is 2. The zero-order chi connectivity index (χ0) is 13.3. The first-order valence-corrected chi connectivity index (χ1v) is 7.79. The number of hydrogen-bond acceptors (Lipinski definition) is 3. The second-order valence-electron chi connectivity index (χ2n) is 6.45. The standard InChI is InChI=1S/C15H24N2O2/c18-13-11-15(7-2-1-3-8-15)14(19)17(13)10-6-12-5-4-9-16-12/h12,16H,1-11H2. The van der Waals surface area contributed by atoms with Crippen molar-refractivity contribution in [3.63, 3.8) is 0 Å². The second kappa shape index (κ2) is 5.23. The summed E-state index contributed by atoms with van der Waals surface area (Å²) >= 11 is 0. The normalized spacial score (nSPS) is 30.5. The average molecular weight is 264 g/mol. The zero-order valence-corrected chi connectivity index (χ0v) is 11.6. The van der Waals surface area contributed by atoms with Crippen LogP contribution in [-0.4, -0.2) is 35.8 Å². The molecule has 4 nitrogen and oxygen atoms in total. The number of nitrogens with one attached hydrogen (secondary N) is 1. The van der Waals surface area contributed by atoms with Gasteiger partial charge in [-0.2, -0.15) is 0 Å². The molecule has 0 radical (unpaired) electrons. The van der Waals surface area contributed by atoms with Crippen LogP contribution in [0.5, 0.6) is 0 Å². The van der Waals surface area contributed by atoms with Gasteiger partial charge in [0.1, 0.15) is 0 Å². The van der Waals surface area contributed by atoms with Crippen LogP contribution < -0.4 is 5.32 Å². The molecule has 3 fully saturated rings. The highest BCUT2D eigenvalue weighted by atomic mass is 16.2. The SMILES string of the molecule is O=C1CC2(CCCCC2)C(=O)N1CCC1CCCN1. The van der Waals surface area contributed by atoms with Crippen molar-refractivity contribution in [1.82, 2.24) is 10.2 Å². The Morgan fingerprint density at radius 3 is 2.63 bits per heavy atom. The van der Waals surface area contributed by atoms with E-state index in [-0.39, 0.29) is 17.2 Å². The Morgan fingerprint density at radius 1 is 1.16 bits per heavy atom. The Bertz CT molecular complexity index is 368. The molecule has 2 aliphatic heterocycles. The Labute approximate surface area is 114 Å². The molecule has 106 valence electrons.